The zero-order valence-corrected chi connectivity index (χ0v) is 8.90. The Kier molecular flexibility index (Phi) is 3.06. The maximum Gasteiger partial charge on any atom is 0.327 e. The van der Waals surface area contributed by atoms with Gasteiger partial charge in [-0.2, -0.15) is 0 Å². The molecule has 1 fully saturated rings. The number of carbonyl (C=O) groups is 1. The van der Waals surface area contributed by atoms with Gasteiger partial charge >= 0.3 is 5.97 Å². The molecule has 15 heavy (non-hydrogen) atoms. The van der Waals surface area contributed by atoms with E-state index < -0.39 is 0 Å². The molecular weight excluding hydrogens is 192 g/mol. The minimum Gasteiger partial charge on any atom is -0.468 e. The van der Waals surface area contributed by atoms with Gasteiger partial charge in [0.1, 0.15) is 6.04 Å². The molecule has 1 N–H and O–H groups in total. The predicted molar refractivity (Wildman–Crippen MR) is 56.4 cm³/mol. The van der Waals surface area contributed by atoms with E-state index in [2.05, 4.69) is 9.88 Å². The van der Waals surface area contributed by atoms with Crippen molar-refractivity contribution in [3.8, 4) is 0 Å². The zero-order chi connectivity index (χ0) is 10.7. The summed E-state index contributed by atoms with van der Waals surface area (Å²) in [5.74, 6) is -0.170. The molecule has 0 aromatic carbocycles. The largest absolute Gasteiger partial charge is 0.468 e. The summed E-state index contributed by atoms with van der Waals surface area (Å²) in [6, 6.07) is 1.70. The molecule has 4 heteroatoms. The van der Waals surface area contributed by atoms with Crippen molar-refractivity contribution in [1.82, 2.24) is 9.88 Å². The summed E-state index contributed by atoms with van der Waals surface area (Å²) in [5, 5.41) is 0. The number of nitrogens with zero attached hydrogens (tertiary/aromatic N) is 1. The third kappa shape index (κ3) is 2.04. The van der Waals surface area contributed by atoms with Gasteiger partial charge in [-0.15, -0.1) is 0 Å². The van der Waals surface area contributed by atoms with E-state index in [4.69, 9.17) is 4.74 Å². The van der Waals surface area contributed by atoms with Gasteiger partial charge in [0.05, 0.1) is 7.11 Å². The molecule has 1 aliphatic heterocycles. The number of esters is 1. The molecule has 1 aliphatic rings. The number of H-pyrrole nitrogens is 1. The van der Waals surface area contributed by atoms with Crippen LogP contribution in [0.4, 0.5) is 0 Å². The van der Waals surface area contributed by atoms with Crippen LogP contribution in [0.1, 0.15) is 24.4 Å². The van der Waals surface area contributed by atoms with Crippen molar-refractivity contribution in [2.75, 3.05) is 20.2 Å². The van der Waals surface area contributed by atoms with Crippen LogP contribution in [0.25, 0.3) is 0 Å². The van der Waals surface area contributed by atoms with Gasteiger partial charge in [-0.3, -0.25) is 4.90 Å². The number of aromatic nitrogens is 1. The Balaban J connectivity index is 2.19. The van der Waals surface area contributed by atoms with E-state index in [0.717, 1.165) is 31.5 Å². The van der Waals surface area contributed by atoms with E-state index >= 15 is 0 Å². The lowest BCUT2D eigenvalue weighted by atomic mass is 10.1. The van der Waals surface area contributed by atoms with E-state index in [1.165, 1.54) is 7.11 Å². The Hall–Kier alpha value is -1.29. The van der Waals surface area contributed by atoms with Gasteiger partial charge in [-0.25, -0.2) is 4.79 Å². The molecule has 4 nitrogen and oxygen atoms in total. The highest BCUT2D eigenvalue weighted by molar-refractivity contribution is 5.77. The van der Waals surface area contributed by atoms with Crippen molar-refractivity contribution in [2.45, 2.75) is 18.9 Å². The van der Waals surface area contributed by atoms with Gasteiger partial charge in [0, 0.05) is 12.4 Å². The molecule has 2 heterocycles. The van der Waals surface area contributed by atoms with Crippen LogP contribution >= 0.6 is 0 Å². The Morgan fingerprint density at radius 1 is 1.53 bits per heavy atom. The molecule has 0 radical (unpaired) electrons. The van der Waals surface area contributed by atoms with Crippen molar-refractivity contribution >= 4 is 5.97 Å². The standard InChI is InChI=1S/C11H16N2O2/c1-15-11(14)10(9-4-5-12-8-9)13-6-2-3-7-13/h4-5,8,10,12H,2-3,6-7H2,1H3. The Labute approximate surface area is 89.2 Å². The number of likely N-dealkylation sites (tertiary alicyclic amines) is 1. The fraction of sp³-hybridized carbons (Fsp3) is 0.545. The maximum absolute atomic E-state index is 11.7. The molecule has 1 atom stereocenters. The van der Waals surface area contributed by atoms with Crippen molar-refractivity contribution in [3.63, 3.8) is 0 Å². The molecule has 0 saturated carbocycles. The first-order chi connectivity index (χ1) is 7.33. The monoisotopic (exact) mass is 208 g/mol. The van der Waals surface area contributed by atoms with Crippen LogP contribution in [0.15, 0.2) is 18.5 Å². The SMILES string of the molecule is COC(=O)C(c1cc[nH]c1)N1CCCC1. The number of nitrogens with one attached hydrogen (secondary N) is 1. The van der Waals surface area contributed by atoms with Crippen LogP contribution in [0.5, 0.6) is 0 Å². The number of aromatic amines is 1. The summed E-state index contributed by atoms with van der Waals surface area (Å²) in [4.78, 5) is 16.9. The number of rotatable bonds is 3. The Morgan fingerprint density at radius 2 is 2.27 bits per heavy atom. The second kappa shape index (κ2) is 4.49. The van der Waals surface area contributed by atoms with Crippen LogP contribution in [-0.4, -0.2) is 36.1 Å². The molecule has 1 aromatic rings. The molecule has 1 saturated heterocycles. The smallest absolute Gasteiger partial charge is 0.327 e. The highest BCUT2D eigenvalue weighted by Crippen LogP contribution is 2.25. The van der Waals surface area contributed by atoms with E-state index in [1.54, 1.807) is 0 Å². The predicted octanol–water partition coefficient (Wildman–Crippen LogP) is 1.32. The normalized spacial score (nSPS) is 19.0. The lowest BCUT2D eigenvalue weighted by Gasteiger charge is -2.24. The molecule has 0 bridgehead atoms. The molecule has 0 aliphatic carbocycles. The summed E-state index contributed by atoms with van der Waals surface area (Å²) >= 11 is 0. The van der Waals surface area contributed by atoms with Crippen LogP contribution < -0.4 is 0 Å². The van der Waals surface area contributed by atoms with E-state index in [-0.39, 0.29) is 12.0 Å². The molecule has 1 unspecified atom stereocenters. The summed E-state index contributed by atoms with van der Waals surface area (Å²) in [6.45, 7) is 1.95. The van der Waals surface area contributed by atoms with Crippen molar-refractivity contribution in [2.24, 2.45) is 0 Å². The fourth-order valence-electron chi connectivity index (χ4n) is 2.11. The summed E-state index contributed by atoms with van der Waals surface area (Å²) < 4.78 is 4.85. The third-order valence-corrected chi connectivity index (χ3v) is 2.87. The number of ether oxygens (including phenoxy) is 1. The average Bonchev–Trinajstić information content (AvgIpc) is 2.90. The average molecular weight is 208 g/mol. The third-order valence-electron chi connectivity index (χ3n) is 2.87. The summed E-state index contributed by atoms with van der Waals surface area (Å²) in [5.41, 5.74) is 0.990. The second-order valence-electron chi connectivity index (χ2n) is 3.81. The Bertz CT molecular complexity index is 315. The van der Waals surface area contributed by atoms with Crippen LogP contribution in [-0.2, 0) is 9.53 Å². The van der Waals surface area contributed by atoms with Crippen LogP contribution in [0.3, 0.4) is 0 Å². The summed E-state index contributed by atoms with van der Waals surface area (Å²) in [6.07, 6.45) is 6.02. The van der Waals surface area contributed by atoms with Crippen LogP contribution in [0, 0.1) is 0 Å². The van der Waals surface area contributed by atoms with Gasteiger partial charge in [-0.1, -0.05) is 0 Å². The molecule has 2 rings (SSSR count). The maximum atomic E-state index is 11.7. The molecule has 0 spiro atoms. The minimum absolute atomic E-state index is 0.170. The first-order valence-electron chi connectivity index (χ1n) is 5.27. The lowest BCUT2D eigenvalue weighted by Crippen LogP contribution is -2.32. The van der Waals surface area contributed by atoms with Crippen molar-refractivity contribution < 1.29 is 9.53 Å². The van der Waals surface area contributed by atoms with Gasteiger partial charge in [-0.05, 0) is 37.6 Å². The number of methoxy groups -OCH3 is 1. The molecule has 1 aromatic heterocycles. The van der Waals surface area contributed by atoms with Gasteiger partial charge < -0.3 is 9.72 Å². The highest BCUT2D eigenvalue weighted by Gasteiger charge is 2.30. The highest BCUT2D eigenvalue weighted by atomic mass is 16.5. The van der Waals surface area contributed by atoms with E-state index in [1.807, 2.05) is 18.5 Å². The van der Waals surface area contributed by atoms with Crippen molar-refractivity contribution in [1.29, 1.82) is 0 Å². The second-order valence-corrected chi connectivity index (χ2v) is 3.81. The molecule has 0 amide bonds. The first-order valence-corrected chi connectivity index (χ1v) is 5.27. The fourth-order valence-corrected chi connectivity index (χ4v) is 2.11. The lowest BCUT2D eigenvalue weighted by molar-refractivity contribution is -0.146. The van der Waals surface area contributed by atoms with Gasteiger partial charge in [0.15, 0.2) is 0 Å². The zero-order valence-electron chi connectivity index (χ0n) is 8.90. The molecular formula is C11H16N2O2. The first kappa shape index (κ1) is 10.2. The number of hydrogen-bond donors (Lipinski definition) is 1. The van der Waals surface area contributed by atoms with E-state index in [9.17, 15) is 4.79 Å². The summed E-state index contributed by atoms with van der Waals surface area (Å²) in [7, 11) is 1.44. The molecule has 82 valence electrons. The minimum atomic E-state index is -0.233. The van der Waals surface area contributed by atoms with Gasteiger partial charge in [0.2, 0.25) is 0 Å². The topological polar surface area (TPSA) is 45.3 Å². The number of carbonyl (C=O) groups excluding carboxylic acids is 1. The van der Waals surface area contributed by atoms with Gasteiger partial charge in [0.25, 0.3) is 0 Å². The quantitative estimate of drug-likeness (QED) is 0.762. The van der Waals surface area contributed by atoms with Crippen molar-refractivity contribution in [3.05, 3.63) is 24.0 Å². The van der Waals surface area contributed by atoms with E-state index in [0.29, 0.717) is 0 Å². The number of hydrogen-bond acceptors (Lipinski definition) is 3. The van der Waals surface area contributed by atoms with Crippen LogP contribution in [0.2, 0.25) is 0 Å². The Morgan fingerprint density at radius 3 is 2.80 bits per heavy atom.